The Bertz CT molecular complexity index is 1040. The predicted molar refractivity (Wildman–Crippen MR) is 102 cm³/mol. The number of benzene rings is 2. The van der Waals surface area contributed by atoms with E-state index < -0.39 is 5.92 Å². The summed E-state index contributed by atoms with van der Waals surface area (Å²) in [5.41, 5.74) is 2.13. The maximum atomic E-state index is 12.6. The normalized spacial score (nSPS) is 17.4. The highest BCUT2D eigenvalue weighted by Gasteiger charge is 2.41. The number of H-pyrrole nitrogens is 1. The van der Waals surface area contributed by atoms with Crippen LogP contribution < -0.4 is 0 Å². The number of aromatic amines is 1. The van der Waals surface area contributed by atoms with Crippen LogP contribution in [-0.4, -0.2) is 27.3 Å². The number of imidazole rings is 1. The number of aromatic nitrogens is 2. The molecule has 2 aromatic carbocycles. The Labute approximate surface area is 156 Å². The lowest BCUT2D eigenvalue weighted by molar-refractivity contribution is -0.135. The second-order valence-electron chi connectivity index (χ2n) is 7.93. The van der Waals surface area contributed by atoms with Crippen LogP contribution in [0.5, 0.6) is 0 Å². The summed E-state index contributed by atoms with van der Waals surface area (Å²) in [4.78, 5) is 45.2. The van der Waals surface area contributed by atoms with Crippen LogP contribution in [0.25, 0.3) is 11.0 Å². The predicted octanol–water partition coefficient (Wildman–Crippen LogP) is 3.84. The van der Waals surface area contributed by atoms with Crippen LogP contribution in [0.2, 0.25) is 0 Å². The van der Waals surface area contributed by atoms with Gasteiger partial charge in [-0.05, 0) is 23.6 Å². The zero-order valence-electron chi connectivity index (χ0n) is 15.3. The molecule has 1 aromatic heterocycles. The number of nitrogens with zero attached hydrogens (tertiary/aromatic N) is 1. The molecule has 0 aliphatic heterocycles. The number of carbonyl (C=O) groups is 3. The minimum absolute atomic E-state index is 0.0831. The third-order valence-electron chi connectivity index (χ3n) is 5.02. The van der Waals surface area contributed by atoms with Crippen molar-refractivity contribution in [2.24, 2.45) is 5.41 Å². The molecule has 27 heavy (non-hydrogen) atoms. The van der Waals surface area contributed by atoms with Gasteiger partial charge in [0.1, 0.15) is 11.7 Å². The molecule has 1 heterocycles. The molecule has 0 bridgehead atoms. The van der Waals surface area contributed by atoms with Crippen molar-refractivity contribution in [3.63, 3.8) is 0 Å². The summed E-state index contributed by atoms with van der Waals surface area (Å²) in [6, 6.07) is 14.2. The molecule has 0 unspecified atom stereocenters. The van der Waals surface area contributed by atoms with Crippen molar-refractivity contribution in [1.29, 1.82) is 0 Å². The molecule has 1 saturated carbocycles. The first kappa shape index (κ1) is 17.3. The lowest BCUT2D eigenvalue weighted by Crippen LogP contribution is -2.36. The van der Waals surface area contributed by atoms with Crippen LogP contribution in [0.4, 0.5) is 0 Å². The summed E-state index contributed by atoms with van der Waals surface area (Å²) < 4.78 is 0. The van der Waals surface area contributed by atoms with Crippen LogP contribution in [0, 0.1) is 5.41 Å². The molecule has 5 nitrogen and oxygen atoms in total. The molecule has 136 valence electrons. The third-order valence-corrected chi connectivity index (χ3v) is 5.02. The van der Waals surface area contributed by atoms with E-state index in [1.165, 1.54) is 0 Å². The fraction of sp³-hybridized carbons (Fsp3) is 0.273. The van der Waals surface area contributed by atoms with Gasteiger partial charge < -0.3 is 4.98 Å². The minimum Gasteiger partial charge on any atom is -0.341 e. The van der Waals surface area contributed by atoms with Gasteiger partial charge in [-0.25, -0.2) is 4.98 Å². The Hall–Kier alpha value is -3.08. The summed E-state index contributed by atoms with van der Waals surface area (Å²) >= 11 is 0. The number of Topliss-reactive ketones (excluding diaryl/α,β-unsaturated/α-hetero) is 2. The van der Waals surface area contributed by atoms with Crippen molar-refractivity contribution in [1.82, 2.24) is 9.97 Å². The average Bonchev–Trinajstić information content (AvgIpc) is 3.02. The number of nitrogens with one attached hydrogen (secondary N) is 1. The zero-order chi connectivity index (χ0) is 19.2. The van der Waals surface area contributed by atoms with E-state index >= 15 is 0 Å². The summed E-state index contributed by atoms with van der Waals surface area (Å²) in [6.07, 6.45) is 0.719. The van der Waals surface area contributed by atoms with Gasteiger partial charge in [0.05, 0.1) is 11.0 Å². The van der Waals surface area contributed by atoms with E-state index in [-0.39, 0.29) is 22.8 Å². The Kier molecular flexibility index (Phi) is 4.02. The number of hydrogen-bond donors (Lipinski definition) is 1. The maximum absolute atomic E-state index is 12.6. The molecule has 0 saturated heterocycles. The molecule has 0 spiro atoms. The van der Waals surface area contributed by atoms with Gasteiger partial charge in [0.25, 0.3) is 0 Å². The van der Waals surface area contributed by atoms with Crippen molar-refractivity contribution >= 4 is 28.4 Å². The van der Waals surface area contributed by atoms with E-state index in [1.807, 2.05) is 32.0 Å². The molecule has 1 aliphatic rings. The van der Waals surface area contributed by atoms with Crippen molar-refractivity contribution in [2.45, 2.75) is 32.6 Å². The molecule has 0 atom stereocenters. The lowest BCUT2D eigenvalue weighted by atomic mass is 9.71. The lowest BCUT2D eigenvalue weighted by Gasteiger charge is -2.31. The second kappa shape index (κ2) is 6.27. The van der Waals surface area contributed by atoms with Crippen LogP contribution in [0.3, 0.4) is 0 Å². The summed E-state index contributed by atoms with van der Waals surface area (Å²) in [5.74, 6) is -0.745. The van der Waals surface area contributed by atoms with E-state index in [4.69, 9.17) is 0 Å². The molecule has 3 aromatic rings. The molecule has 1 N–H and O–H groups in total. The summed E-state index contributed by atoms with van der Waals surface area (Å²) in [6.45, 7) is 3.86. The Balaban J connectivity index is 1.68. The highest BCUT2D eigenvalue weighted by atomic mass is 16.2. The standard InChI is InChI=1S/C22H20N2O3/c1-22(2)11-17(25)19(18(26)12-22)21-23-15-9-8-14(10-16(15)24-21)20(27)13-6-4-3-5-7-13/h3-10,19H,11-12H2,1-2H3,(H,23,24). The number of rotatable bonds is 3. The Morgan fingerprint density at radius 2 is 1.67 bits per heavy atom. The first-order valence-electron chi connectivity index (χ1n) is 8.99. The van der Waals surface area contributed by atoms with Gasteiger partial charge >= 0.3 is 0 Å². The highest BCUT2D eigenvalue weighted by Crippen LogP contribution is 2.37. The van der Waals surface area contributed by atoms with Crippen LogP contribution in [0.15, 0.2) is 48.5 Å². The first-order chi connectivity index (χ1) is 12.8. The molecular formula is C22H20N2O3. The van der Waals surface area contributed by atoms with Crippen LogP contribution in [0.1, 0.15) is 54.4 Å². The number of ketones is 3. The minimum atomic E-state index is -0.835. The largest absolute Gasteiger partial charge is 0.341 e. The van der Waals surface area contributed by atoms with Gasteiger partial charge in [0.2, 0.25) is 0 Å². The SMILES string of the molecule is CC1(C)CC(=O)C(c2nc3ccc(C(=O)c4ccccc4)cc3[nH]2)C(=O)C1. The average molecular weight is 360 g/mol. The number of fused-ring (bicyclic) bond motifs is 1. The first-order valence-corrected chi connectivity index (χ1v) is 8.99. The van der Waals surface area contributed by atoms with Gasteiger partial charge in [-0.15, -0.1) is 0 Å². The smallest absolute Gasteiger partial charge is 0.193 e. The van der Waals surface area contributed by atoms with Gasteiger partial charge in [-0.1, -0.05) is 44.2 Å². The zero-order valence-corrected chi connectivity index (χ0v) is 15.3. The molecule has 1 fully saturated rings. The molecule has 4 rings (SSSR count). The van der Waals surface area contributed by atoms with Crippen molar-refractivity contribution in [3.8, 4) is 0 Å². The topological polar surface area (TPSA) is 79.9 Å². The van der Waals surface area contributed by atoms with E-state index in [0.29, 0.717) is 40.8 Å². The van der Waals surface area contributed by atoms with Crippen molar-refractivity contribution in [2.75, 3.05) is 0 Å². The molecule has 0 amide bonds. The van der Waals surface area contributed by atoms with Crippen molar-refractivity contribution in [3.05, 3.63) is 65.5 Å². The van der Waals surface area contributed by atoms with Gasteiger partial charge in [-0.3, -0.25) is 14.4 Å². The van der Waals surface area contributed by atoms with Crippen molar-refractivity contribution < 1.29 is 14.4 Å². The molecular weight excluding hydrogens is 340 g/mol. The highest BCUT2D eigenvalue weighted by molar-refractivity contribution is 6.11. The van der Waals surface area contributed by atoms with Crippen LogP contribution in [-0.2, 0) is 9.59 Å². The van der Waals surface area contributed by atoms with Gasteiger partial charge in [0.15, 0.2) is 17.3 Å². The summed E-state index contributed by atoms with van der Waals surface area (Å²) in [5, 5.41) is 0. The van der Waals surface area contributed by atoms with E-state index in [9.17, 15) is 14.4 Å². The maximum Gasteiger partial charge on any atom is 0.193 e. The van der Waals surface area contributed by atoms with E-state index in [2.05, 4.69) is 9.97 Å². The molecule has 0 radical (unpaired) electrons. The Morgan fingerprint density at radius 3 is 2.33 bits per heavy atom. The quantitative estimate of drug-likeness (QED) is 0.568. The Morgan fingerprint density at radius 1 is 1.00 bits per heavy atom. The third kappa shape index (κ3) is 3.21. The van der Waals surface area contributed by atoms with Gasteiger partial charge in [-0.2, -0.15) is 0 Å². The monoisotopic (exact) mass is 360 g/mol. The van der Waals surface area contributed by atoms with Crippen LogP contribution >= 0.6 is 0 Å². The fourth-order valence-corrected chi connectivity index (χ4v) is 3.76. The molecule has 1 aliphatic carbocycles. The number of carbonyl (C=O) groups excluding carboxylic acids is 3. The van der Waals surface area contributed by atoms with E-state index in [0.717, 1.165) is 0 Å². The second-order valence-corrected chi connectivity index (χ2v) is 7.93. The van der Waals surface area contributed by atoms with E-state index in [1.54, 1.807) is 30.3 Å². The van der Waals surface area contributed by atoms with Gasteiger partial charge in [0, 0.05) is 24.0 Å². The summed E-state index contributed by atoms with van der Waals surface area (Å²) in [7, 11) is 0. The number of hydrogen-bond acceptors (Lipinski definition) is 4. The molecule has 5 heteroatoms. The fourth-order valence-electron chi connectivity index (χ4n) is 3.76.